The maximum absolute atomic E-state index is 6.54. The molecule has 1 aromatic heterocycles. The highest BCUT2D eigenvalue weighted by molar-refractivity contribution is 6.94. The monoisotopic (exact) mass is 650 g/mol. The van der Waals surface area contributed by atoms with E-state index in [1.54, 1.807) is 0 Å². The fourth-order valence-electron chi connectivity index (χ4n) is 9.84. The maximum Gasteiger partial charge on any atom is 0.333 e. The van der Waals surface area contributed by atoms with Crippen LogP contribution in [0.4, 0.5) is 28.4 Å². The summed E-state index contributed by atoms with van der Waals surface area (Å²) in [5.74, 6) is 0. The number of hydrogen-bond donors (Lipinski definition) is 0. The van der Waals surface area contributed by atoms with Gasteiger partial charge in [0, 0.05) is 39.1 Å². The first kappa shape index (κ1) is 27.6. The largest absolute Gasteiger partial charge is 0.456 e. The van der Waals surface area contributed by atoms with Gasteiger partial charge in [0.2, 0.25) is 0 Å². The highest BCUT2D eigenvalue weighted by atomic mass is 16.3. The predicted molar refractivity (Wildman–Crippen MR) is 215 cm³/mol. The zero-order chi connectivity index (χ0) is 33.6. The Labute approximate surface area is 296 Å². The summed E-state index contributed by atoms with van der Waals surface area (Å²) in [5.41, 5.74) is 15.8. The van der Waals surface area contributed by atoms with Crippen LogP contribution in [0.3, 0.4) is 0 Å². The first-order valence-electron chi connectivity index (χ1n) is 17.9. The van der Waals surface area contributed by atoms with E-state index in [9.17, 15) is 0 Å². The Kier molecular flexibility index (Phi) is 5.13. The fraction of sp³-hybridized carbons (Fsp3) is 0.0638. The van der Waals surface area contributed by atoms with Gasteiger partial charge in [-0.25, -0.2) is 0 Å². The number of rotatable bonds is 1. The van der Waals surface area contributed by atoms with Gasteiger partial charge in [0.15, 0.2) is 0 Å². The summed E-state index contributed by atoms with van der Waals surface area (Å²) in [7, 11) is 0. The van der Waals surface area contributed by atoms with Crippen molar-refractivity contribution in [2.45, 2.75) is 19.3 Å². The van der Waals surface area contributed by atoms with Gasteiger partial charge < -0.3 is 14.1 Å². The van der Waals surface area contributed by atoms with Gasteiger partial charge >= 0.3 is 6.85 Å². The summed E-state index contributed by atoms with van der Waals surface area (Å²) < 4.78 is 6.54. The Morgan fingerprint density at radius 3 is 2.06 bits per heavy atom. The molecule has 0 aliphatic carbocycles. The lowest BCUT2D eigenvalue weighted by atomic mass is 9.42. The molecule has 0 spiro atoms. The molecule has 0 unspecified atom stereocenters. The van der Waals surface area contributed by atoms with Crippen molar-refractivity contribution in [3.05, 3.63) is 163 Å². The van der Waals surface area contributed by atoms with Gasteiger partial charge in [-0.1, -0.05) is 129 Å². The molecule has 238 valence electrons. The fourth-order valence-corrected chi connectivity index (χ4v) is 9.84. The van der Waals surface area contributed by atoms with Gasteiger partial charge in [-0.3, -0.25) is 0 Å². The Bertz CT molecular complexity index is 2990. The van der Waals surface area contributed by atoms with Crippen LogP contribution in [0.1, 0.15) is 25.0 Å². The molecule has 0 N–H and O–H groups in total. The van der Waals surface area contributed by atoms with E-state index >= 15 is 0 Å². The zero-order valence-electron chi connectivity index (χ0n) is 28.3. The topological polar surface area (TPSA) is 19.6 Å². The van der Waals surface area contributed by atoms with E-state index < -0.39 is 0 Å². The molecule has 3 aliphatic heterocycles. The first-order chi connectivity index (χ1) is 25.1. The van der Waals surface area contributed by atoms with E-state index in [0.29, 0.717) is 0 Å². The van der Waals surface area contributed by atoms with Crippen molar-refractivity contribution in [3.8, 4) is 11.1 Å². The maximum atomic E-state index is 6.54. The van der Waals surface area contributed by atoms with Crippen LogP contribution < -0.4 is 20.6 Å². The standard InChI is InChI=1S/C47H31BN2O/c1-47(2)33-18-8-9-21-36(33)49-39-27-29-14-4-6-16-31(29)44-43-30-15-5-3-13-28(30)25-26-38(43)50(48(45(39)44)35-20-11-19-34(47)46(35)49)37-22-12-24-41-42(37)32-17-7-10-23-40(32)51-41/h3-27H,1-2H3. The van der Waals surface area contributed by atoms with Crippen LogP contribution in [-0.4, -0.2) is 6.85 Å². The molecule has 0 atom stereocenters. The molecular formula is C47H31BN2O. The lowest BCUT2D eigenvalue weighted by Crippen LogP contribution is -2.62. The van der Waals surface area contributed by atoms with E-state index in [1.165, 1.54) is 77.5 Å². The molecule has 8 aromatic carbocycles. The number of hydrogen-bond acceptors (Lipinski definition) is 3. The molecule has 51 heavy (non-hydrogen) atoms. The number of para-hydroxylation sites is 3. The predicted octanol–water partition coefficient (Wildman–Crippen LogP) is 11.2. The Morgan fingerprint density at radius 1 is 0.510 bits per heavy atom. The van der Waals surface area contributed by atoms with Crippen LogP contribution in [0, 0.1) is 0 Å². The Balaban J connectivity index is 1.31. The molecule has 3 aliphatic rings. The molecule has 4 heteroatoms. The average molecular weight is 651 g/mol. The van der Waals surface area contributed by atoms with Crippen LogP contribution in [0.25, 0.3) is 54.6 Å². The van der Waals surface area contributed by atoms with Crippen LogP contribution in [-0.2, 0) is 5.41 Å². The van der Waals surface area contributed by atoms with Crippen molar-refractivity contribution in [2.24, 2.45) is 0 Å². The third kappa shape index (κ3) is 3.35. The molecule has 0 radical (unpaired) electrons. The molecule has 0 bridgehead atoms. The van der Waals surface area contributed by atoms with Crippen LogP contribution in [0.2, 0.25) is 0 Å². The smallest absolute Gasteiger partial charge is 0.333 e. The highest BCUT2D eigenvalue weighted by Crippen LogP contribution is 2.56. The second-order valence-corrected chi connectivity index (χ2v) is 14.8. The molecule has 0 amide bonds. The van der Waals surface area contributed by atoms with E-state index in [-0.39, 0.29) is 12.3 Å². The Hall–Kier alpha value is -6.26. The number of anilines is 5. The molecule has 12 rings (SSSR count). The summed E-state index contributed by atoms with van der Waals surface area (Å²) in [6.07, 6.45) is 0. The molecule has 9 aromatic rings. The number of fused-ring (bicyclic) bond motifs is 13. The van der Waals surface area contributed by atoms with Crippen molar-refractivity contribution in [1.29, 1.82) is 0 Å². The van der Waals surface area contributed by atoms with Gasteiger partial charge in [-0.2, -0.15) is 0 Å². The van der Waals surface area contributed by atoms with Gasteiger partial charge in [-0.15, -0.1) is 0 Å². The number of benzene rings is 8. The quantitative estimate of drug-likeness (QED) is 0.165. The molecule has 0 fully saturated rings. The van der Waals surface area contributed by atoms with Crippen LogP contribution in [0.5, 0.6) is 0 Å². The minimum Gasteiger partial charge on any atom is -0.456 e. The van der Waals surface area contributed by atoms with Crippen molar-refractivity contribution in [2.75, 3.05) is 9.71 Å². The molecular weight excluding hydrogens is 619 g/mol. The van der Waals surface area contributed by atoms with Gasteiger partial charge in [0.25, 0.3) is 0 Å². The van der Waals surface area contributed by atoms with Crippen LogP contribution >= 0.6 is 0 Å². The first-order valence-corrected chi connectivity index (χ1v) is 17.9. The van der Waals surface area contributed by atoms with Gasteiger partial charge in [0.1, 0.15) is 11.2 Å². The normalized spacial score (nSPS) is 14.9. The SMILES string of the molecule is CC1(C)c2ccccc2N2c3cc4ccccc4c4c3B(c3cccc1c32)N(c1cccc2oc3ccccc3c12)c1ccc2ccccc2c1-4. The summed E-state index contributed by atoms with van der Waals surface area (Å²) in [6, 6.07) is 56.1. The molecule has 0 saturated heterocycles. The second kappa shape index (κ2) is 9.50. The lowest BCUT2D eigenvalue weighted by molar-refractivity contribution is 0.632. The second-order valence-electron chi connectivity index (χ2n) is 14.8. The highest BCUT2D eigenvalue weighted by Gasteiger charge is 2.50. The molecule has 4 heterocycles. The summed E-state index contributed by atoms with van der Waals surface area (Å²) in [5, 5.41) is 7.33. The van der Waals surface area contributed by atoms with Gasteiger partial charge in [0.05, 0.1) is 11.1 Å². The third-order valence-electron chi connectivity index (χ3n) is 12.0. The summed E-state index contributed by atoms with van der Waals surface area (Å²) in [4.78, 5) is 5.24. The van der Waals surface area contributed by atoms with Crippen molar-refractivity contribution in [3.63, 3.8) is 0 Å². The lowest BCUT2D eigenvalue weighted by Gasteiger charge is -2.50. The van der Waals surface area contributed by atoms with E-state index in [2.05, 4.69) is 175 Å². The minimum atomic E-state index is -0.177. The average Bonchev–Trinajstić information content (AvgIpc) is 3.56. The number of furan rings is 1. The van der Waals surface area contributed by atoms with E-state index in [1.807, 2.05) is 0 Å². The zero-order valence-corrected chi connectivity index (χ0v) is 28.3. The van der Waals surface area contributed by atoms with Crippen LogP contribution in [0.15, 0.2) is 156 Å². The minimum absolute atomic E-state index is 0.0835. The van der Waals surface area contributed by atoms with E-state index in [0.717, 1.165) is 27.6 Å². The Morgan fingerprint density at radius 2 is 1.18 bits per heavy atom. The molecule has 3 nitrogen and oxygen atoms in total. The van der Waals surface area contributed by atoms with Crippen molar-refractivity contribution in [1.82, 2.24) is 0 Å². The molecule has 0 saturated carbocycles. The van der Waals surface area contributed by atoms with Crippen molar-refractivity contribution < 1.29 is 4.42 Å². The summed E-state index contributed by atoms with van der Waals surface area (Å²) in [6.45, 7) is 4.69. The third-order valence-corrected chi connectivity index (χ3v) is 12.0. The summed E-state index contributed by atoms with van der Waals surface area (Å²) >= 11 is 0. The van der Waals surface area contributed by atoms with E-state index in [4.69, 9.17) is 4.42 Å². The van der Waals surface area contributed by atoms with Crippen molar-refractivity contribution >= 4 is 89.7 Å². The number of nitrogens with zero attached hydrogens (tertiary/aromatic N) is 2. The van der Waals surface area contributed by atoms with Gasteiger partial charge in [-0.05, 0) is 85.6 Å².